The summed E-state index contributed by atoms with van der Waals surface area (Å²) < 4.78 is 0. The van der Waals surface area contributed by atoms with Gasteiger partial charge in [0, 0.05) is 23.8 Å². The predicted octanol–water partition coefficient (Wildman–Crippen LogP) is 1.26. The first kappa shape index (κ1) is 12.4. The number of aliphatic hydroxyl groups excluding tert-OH is 1. The SMILES string of the molecule is Cc1c(Cl)cccc1NC(=O)CN1CC(O)C1. The van der Waals surface area contributed by atoms with E-state index in [1.165, 1.54) is 0 Å². The Bertz CT molecular complexity index is 431. The van der Waals surface area contributed by atoms with Gasteiger partial charge in [0.05, 0.1) is 12.6 Å². The van der Waals surface area contributed by atoms with Crippen LogP contribution in [0.15, 0.2) is 18.2 Å². The molecule has 0 aromatic heterocycles. The largest absolute Gasteiger partial charge is 0.390 e. The molecule has 0 atom stereocenters. The quantitative estimate of drug-likeness (QED) is 0.854. The Labute approximate surface area is 105 Å². The average molecular weight is 255 g/mol. The van der Waals surface area contributed by atoms with Gasteiger partial charge in [0.15, 0.2) is 0 Å². The standard InChI is InChI=1S/C12H15ClN2O2/c1-8-10(13)3-2-4-11(8)14-12(17)7-15-5-9(16)6-15/h2-4,9,16H,5-7H2,1H3,(H,14,17). The number of nitrogens with zero attached hydrogens (tertiary/aromatic N) is 1. The van der Waals surface area contributed by atoms with Gasteiger partial charge in [-0.15, -0.1) is 0 Å². The van der Waals surface area contributed by atoms with E-state index in [2.05, 4.69) is 5.32 Å². The maximum Gasteiger partial charge on any atom is 0.238 e. The number of carbonyl (C=O) groups is 1. The fourth-order valence-corrected chi connectivity index (χ4v) is 1.98. The fourth-order valence-electron chi connectivity index (χ4n) is 1.81. The van der Waals surface area contributed by atoms with Crippen molar-refractivity contribution in [1.29, 1.82) is 0 Å². The molecule has 92 valence electrons. The van der Waals surface area contributed by atoms with Gasteiger partial charge in [-0.1, -0.05) is 17.7 Å². The minimum absolute atomic E-state index is 0.0812. The van der Waals surface area contributed by atoms with E-state index in [1.807, 2.05) is 17.9 Å². The van der Waals surface area contributed by atoms with Gasteiger partial charge in [0.25, 0.3) is 0 Å². The molecule has 17 heavy (non-hydrogen) atoms. The highest BCUT2D eigenvalue weighted by atomic mass is 35.5. The summed E-state index contributed by atoms with van der Waals surface area (Å²) in [6, 6.07) is 5.42. The van der Waals surface area contributed by atoms with Crippen molar-refractivity contribution in [2.45, 2.75) is 13.0 Å². The van der Waals surface area contributed by atoms with E-state index in [0.29, 0.717) is 24.7 Å². The molecular weight excluding hydrogens is 240 g/mol. The predicted molar refractivity (Wildman–Crippen MR) is 67.3 cm³/mol. The second-order valence-electron chi connectivity index (χ2n) is 4.31. The van der Waals surface area contributed by atoms with Crippen molar-refractivity contribution in [3.05, 3.63) is 28.8 Å². The van der Waals surface area contributed by atoms with Crippen LogP contribution in [0.25, 0.3) is 0 Å². The summed E-state index contributed by atoms with van der Waals surface area (Å²) in [6.45, 7) is 3.32. The van der Waals surface area contributed by atoms with Crippen LogP contribution in [-0.4, -0.2) is 41.7 Å². The van der Waals surface area contributed by atoms with Crippen LogP contribution < -0.4 is 5.32 Å². The number of amides is 1. The summed E-state index contributed by atoms with van der Waals surface area (Å²) in [5.74, 6) is -0.0812. The van der Waals surface area contributed by atoms with Crippen LogP contribution in [0.3, 0.4) is 0 Å². The molecule has 1 aromatic carbocycles. The summed E-state index contributed by atoms with van der Waals surface area (Å²) in [5.41, 5.74) is 1.61. The fraction of sp³-hybridized carbons (Fsp3) is 0.417. The monoisotopic (exact) mass is 254 g/mol. The van der Waals surface area contributed by atoms with Crippen LogP contribution in [0.5, 0.6) is 0 Å². The topological polar surface area (TPSA) is 52.6 Å². The number of nitrogens with one attached hydrogen (secondary N) is 1. The highest BCUT2D eigenvalue weighted by molar-refractivity contribution is 6.31. The van der Waals surface area contributed by atoms with Crippen LogP contribution in [0.1, 0.15) is 5.56 Å². The molecule has 1 amide bonds. The number of hydrogen-bond donors (Lipinski definition) is 2. The van der Waals surface area contributed by atoms with E-state index >= 15 is 0 Å². The maximum atomic E-state index is 11.7. The first-order chi connectivity index (χ1) is 8.06. The van der Waals surface area contributed by atoms with Crippen molar-refractivity contribution in [2.75, 3.05) is 25.0 Å². The molecule has 1 aromatic rings. The molecule has 0 spiro atoms. The molecule has 1 saturated heterocycles. The number of carbonyl (C=O) groups excluding carboxylic acids is 1. The number of aliphatic hydroxyl groups is 1. The van der Waals surface area contributed by atoms with Gasteiger partial charge in [-0.05, 0) is 24.6 Å². The molecule has 0 aliphatic carbocycles. The summed E-state index contributed by atoms with van der Waals surface area (Å²) in [6.07, 6.45) is -0.282. The summed E-state index contributed by atoms with van der Waals surface area (Å²) in [7, 11) is 0. The molecule has 0 radical (unpaired) electrons. The molecular formula is C12H15ClN2O2. The first-order valence-electron chi connectivity index (χ1n) is 5.51. The third-order valence-corrected chi connectivity index (χ3v) is 3.26. The number of β-amino-alcohol motifs (C(OH)–C–C–N with tert-alkyl or cyclic N) is 1. The average Bonchev–Trinajstić information content (AvgIpc) is 2.23. The molecule has 0 saturated carbocycles. The Kier molecular flexibility index (Phi) is 3.66. The smallest absolute Gasteiger partial charge is 0.238 e. The Morgan fingerprint density at radius 2 is 2.29 bits per heavy atom. The van der Waals surface area contributed by atoms with Crippen molar-refractivity contribution < 1.29 is 9.90 Å². The zero-order valence-electron chi connectivity index (χ0n) is 9.61. The lowest BCUT2D eigenvalue weighted by Crippen LogP contribution is -2.53. The number of benzene rings is 1. The van der Waals surface area contributed by atoms with Gasteiger partial charge in [-0.3, -0.25) is 9.69 Å². The molecule has 5 heteroatoms. The third-order valence-electron chi connectivity index (χ3n) is 2.85. The number of rotatable bonds is 3. The Hall–Kier alpha value is -1.10. The van der Waals surface area contributed by atoms with E-state index in [1.54, 1.807) is 12.1 Å². The lowest BCUT2D eigenvalue weighted by molar-refractivity contribution is -0.119. The first-order valence-corrected chi connectivity index (χ1v) is 5.89. The van der Waals surface area contributed by atoms with Gasteiger partial charge in [-0.2, -0.15) is 0 Å². The van der Waals surface area contributed by atoms with Gasteiger partial charge in [0.1, 0.15) is 0 Å². The van der Waals surface area contributed by atoms with Crippen LogP contribution in [0.4, 0.5) is 5.69 Å². The highest BCUT2D eigenvalue weighted by Crippen LogP contribution is 2.22. The normalized spacial score (nSPS) is 16.6. The number of anilines is 1. The molecule has 4 nitrogen and oxygen atoms in total. The number of hydrogen-bond acceptors (Lipinski definition) is 3. The number of likely N-dealkylation sites (tertiary alicyclic amines) is 1. The summed E-state index contributed by atoms with van der Waals surface area (Å²) >= 11 is 5.97. The molecule has 1 aliphatic rings. The minimum atomic E-state index is -0.282. The summed E-state index contributed by atoms with van der Waals surface area (Å²) in [5, 5.41) is 12.6. The van der Waals surface area contributed by atoms with Gasteiger partial charge >= 0.3 is 0 Å². The lowest BCUT2D eigenvalue weighted by atomic mass is 10.1. The zero-order chi connectivity index (χ0) is 12.4. The Morgan fingerprint density at radius 3 is 2.94 bits per heavy atom. The maximum absolute atomic E-state index is 11.7. The van der Waals surface area contributed by atoms with Gasteiger partial charge < -0.3 is 10.4 Å². The van der Waals surface area contributed by atoms with Crippen molar-refractivity contribution in [1.82, 2.24) is 4.90 Å². The molecule has 1 heterocycles. The van der Waals surface area contributed by atoms with Crippen molar-refractivity contribution in [2.24, 2.45) is 0 Å². The second kappa shape index (κ2) is 5.04. The second-order valence-corrected chi connectivity index (χ2v) is 4.72. The molecule has 2 N–H and O–H groups in total. The zero-order valence-corrected chi connectivity index (χ0v) is 10.4. The van der Waals surface area contributed by atoms with Crippen molar-refractivity contribution in [3.8, 4) is 0 Å². The number of halogens is 1. The van der Waals surface area contributed by atoms with E-state index in [0.717, 1.165) is 11.3 Å². The Morgan fingerprint density at radius 1 is 1.59 bits per heavy atom. The molecule has 1 fully saturated rings. The molecule has 1 aliphatic heterocycles. The highest BCUT2D eigenvalue weighted by Gasteiger charge is 2.25. The molecule has 0 bridgehead atoms. The van der Waals surface area contributed by atoms with Crippen LogP contribution >= 0.6 is 11.6 Å². The van der Waals surface area contributed by atoms with E-state index in [4.69, 9.17) is 16.7 Å². The van der Waals surface area contributed by atoms with E-state index < -0.39 is 0 Å². The van der Waals surface area contributed by atoms with E-state index in [9.17, 15) is 4.79 Å². The lowest BCUT2D eigenvalue weighted by Gasteiger charge is -2.35. The molecule has 0 unspecified atom stereocenters. The van der Waals surface area contributed by atoms with Crippen molar-refractivity contribution in [3.63, 3.8) is 0 Å². The van der Waals surface area contributed by atoms with Crippen molar-refractivity contribution >= 4 is 23.2 Å². The van der Waals surface area contributed by atoms with Crippen LogP contribution in [-0.2, 0) is 4.79 Å². The Balaban J connectivity index is 1.92. The van der Waals surface area contributed by atoms with Gasteiger partial charge in [0.2, 0.25) is 5.91 Å². The minimum Gasteiger partial charge on any atom is -0.390 e. The van der Waals surface area contributed by atoms with E-state index in [-0.39, 0.29) is 12.0 Å². The summed E-state index contributed by atoms with van der Waals surface area (Å²) in [4.78, 5) is 13.6. The molecule has 2 rings (SSSR count). The van der Waals surface area contributed by atoms with Crippen LogP contribution in [0.2, 0.25) is 5.02 Å². The van der Waals surface area contributed by atoms with Gasteiger partial charge in [-0.25, -0.2) is 0 Å². The van der Waals surface area contributed by atoms with Crippen LogP contribution in [0, 0.1) is 6.92 Å². The third kappa shape index (κ3) is 2.97.